The number of sulfone groups is 1. The Kier molecular flexibility index (Phi) is 5.43. The summed E-state index contributed by atoms with van der Waals surface area (Å²) in [7, 11) is -3.26. The van der Waals surface area contributed by atoms with Crippen LogP contribution in [0.15, 0.2) is 29.2 Å². The lowest BCUT2D eigenvalue weighted by molar-refractivity contribution is 0.580. The molecule has 0 radical (unpaired) electrons. The molecule has 1 aromatic rings. The smallest absolute Gasteiger partial charge is 0.179 e. The van der Waals surface area contributed by atoms with E-state index in [1.165, 1.54) is 0 Å². The molecule has 0 amide bonds. The molecular weight excluding hydrogens is 258 g/mol. The fraction of sp³-hybridized carbons (Fsp3) is 0.500. The van der Waals surface area contributed by atoms with Crippen LogP contribution in [0, 0.1) is 0 Å². The minimum atomic E-state index is -3.26. The maximum absolute atomic E-state index is 12.0. The van der Waals surface area contributed by atoms with Crippen LogP contribution < -0.4 is 5.73 Å². The van der Waals surface area contributed by atoms with E-state index in [1.807, 2.05) is 6.92 Å². The Balaban J connectivity index is 2.61. The molecule has 0 fully saturated rings. The number of benzene rings is 1. The number of hydrogen-bond donors (Lipinski definition) is 1. The summed E-state index contributed by atoms with van der Waals surface area (Å²) in [6.45, 7) is 1.92. The predicted octanol–water partition coefficient (Wildman–Crippen LogP) is 2.63. The predicted molar refractivity (Wildman–Crippen MR) is 71.0 cm³/mol. The van der Waals surface area contributed by atoms with E-state index in [-0.39, 0.29) is 16.7 Å². The van der Waals surface area contributed by atoms with Gasteiger partial charge in [-0.3, -0.25) is 0 Å². The van der Waals surface area contributed by atoms with E-state index in [0.29, 0.717) is 11.4 Å². The summed E-state index contributed by atoms with van der Waals surface area (Å²) in [5.74, 6) is 0.128. The van der Waals surface area contributed by atoms with Crippen LogP contribution in [0.25, 0.3) is 0 Å². The first-order chi connectivity index (χ1) is 7.93. The van der Waals surface area contributed by atoms with Crippen LogP contribution in [-0.2, 0) is 9.84 Å². The molecule has 0 aliphatic rings. The molecule has 0 aromatic heterocycles. The Morgan fingerprint density at radius 1 is 1.29 bits per heavy atom. The van der Waals surface area contributed by atoms with E-state index in [1.54, 1.807) is 24.3 Å². The molecule has 3 nitrogen and oxygen atoms in total. The summed E-state index contributed by atoms with van der Waals surface area (Å²) < 4.78 is 24.0. The van der Waals surface area contributed by atoms with Crippen LogP contribution >= 0.6 is 11.6 Å². The van der Waals surface area contributed by atoms with Crippen molar-refractivity contribution < 1.29 is 8.42 Å². The van der Waals surface area contributed by atoms with Crippen molar-refractivity contribution in [2.45, 2.75) is 37.1 Å². The highest BCUT2D eigenvalue weighted by Crippen LogP contribution is 2.22. The van der Waals surface area contributed by atoms with Gasteiger partial charge in [0, 0.05) is 6.04 Å². The molecular formula is C12H18ClNO2S. The zero-order valence-corrected chi connectivity index (χ0v) is 11.5. The van der Waals surface area contributed by atoms with Crippen LogP contribution in [0.1, 0.15) is 26.2 Å². The molecule has 17 heavy (non-hydrogen) atoms. The van der Waals surface area contributed by atoms with Crippen molar-refractivity contribution in [2.24, 2.45) is 5.73 Å². The third-order valence-electron chi connectivity index (χ3n) is 2.49. The Bertz CT molecular complexity index is 457. The molecule has 1 atom stereocenters. The molecule has 2 N–H and O–H groups in total. The largest absolute Gasteiger partial charge is 0.328 e. The number of nitrogens with two attached hydrogens (primary N) is 1. The van der Waals surface area contributed by atoms with E-state index in [2.05, 4.69) is 0 Å². The first-order valence-electron chi connectivity index (χ1n) is 5.66. The molecule has 0 aliphatic carbocycles. The summed E-state index contributed by atoms with van der Waals surface area (Å²) in [6.07, 6.45) is 2.29. The molecule has 96 valence electrons. The van der Waals surface area contributed by atoms with Gasteiger partial charge in [0.05, 0.1) is 15.7 Å². The van der Waals surface area contributed by atoms with Crippen molar-refractivity contribution in [2.75, 3.05) is 5.75 Å². The molecule has 0 saturated carbocycles. The highest BCUT2D eigenvalue weighted by atomic mass is 35.5. The molecule has 5 heteroatoms. The van der Waals surface area contributed by atoms with Gasteiger partial charge in [-0.1, -0.05) is 30.2 Å². The number of rotatable bonds is 6. The molecule has 1 rings (SSSR count). The topological polar surface area (TPSA) is 60.2 Å². The average molecular weight is 276 g/mol. The number of halogens is 1. The number of hydrogen-bond acceptors (Lipinski definition) is 3. The van der Waals surface area contributed by atoms with Crippen LogP contribution in [0.5, 0.6) is 0 Å². The van der Waals surface area contributed by atoms with Gasteiger partial charge in [-0.2, -0.15) is 0 Å². The van der Waals surface area contributed by atoms with E-state index in [0.717, 1.165) is 12.8 Å². The monoisotopic (exact) mass is 275 g/mol. The quantitative estimate of drug-likeness (QED) is 0.812. The molecule has 0 aliphatic heterocycles. The van der Waals surface area contributed by atoms with Gasteiger partial charge in [0.2, 0.25) is 0 Å². The van der Waals surface area contributed by atoms with Gasteiger partial charge < -0.3 is 5.73 Å². The maximum Gasteiger partial charge on any atom is 0.179 e. The lowest BCUT2D eigenvalue weighted by Crippen LogP contribution is -2.15. The van der Waals surface area contributed by atoms with Crippen molar-refractivity contribution in [1.82, 2.24) is 0 Å². The van der Waals surface area contributed by atoms with Gasteiger partial charge in [0.25, 0.3) is 0 Å². The minimum Gasteiger partial charge on any atom is -0.328 e. The zero-order valence-electron chi connectivity index (χ0n) is 9.90. The average Bonchev–Trinajstić information content (AvgIpc) is 2.24. The Morgan fingerprint density at radius 3 is 2.53 bits per heavy atom. The zero-order chi connectivity index (χ0) is 12.9. The third kappa shape index (κ3) is 4.66. The van der Waals surface area contributed by atoms with Gasteiger partial charge in [-0.05, 0) is 31.9 Å². The second-order valence-corrected chi connectivity index (χ2v) is 6.71. The third-order valence-corrected chi connectivity index (χ3v) is 4.79. The molecule has 0 saturated heterocycles. The van der Waals surface area contributed by atoms with Gasteiger partial charge in [-0.15, -0.1) is 0 Å². The normalized spacial score (nSPS) is 13.6. The second kappa shape index (κ2) is 6.38. The van der Waals surface area contributed by atoms with E-state index in [4.69, 9.17) is 17.3 Å². The van der Waals surface area contributed by atoms with Crippen LogP contribution in [-0.4, -0.2) is 20.2 Å². The van der Waals surface area contributed by atoms with Crippen LogP contribution in [0.4, 0.5) is 0 Å². The van der Waals surface area contributed by atoms with E-state index >= 15 is 0 Å². The van der Waals surface area contributed by atoms with Gasteiger partial charge in [0.15, 0.2) is 9.84 Å². The lowest BCUT2D eigenvalue weighted by Gasteiger charge is -2.07. The highest BCUT2D eigenvalue weighted by Gasteiger charge is 2.16. The summed E-state index contributed by atoms with van der Waals surface area (Å²) in [5, 5.41) is 0.291. The van der Waals surface area contributed by atoms with E-state index in [9.17, 15) is 8.42 Å². The minimum absolute atomic E-state index is 0.123. The molecule has 0 heterocycles. The Labute approximate surface area is 108 Å². The molecule has 0 bridgehead atoms. The number of unbranched alkanes of at least 4 members (excludes halogenated alkanes) is 1. The first kappa shape index (κ1) is 14.5. The SMILES string of the molecule is CC(N)CCCCS(=O)(=O)c1ccccc1Cl. The van der Waals surface area contributed by atoms with Crippen molar-refractivity contribution in [3.05, 3.63) is 29.3 Å². The Morgan fingerprint density at radius 2 is 1.94 bits per heavy atom. The van der Waals surface area contributed by atoms with Crippen molar-refractivity contribution in [3.8, 4) is 0 Å². The van der Waals surface area contributed by atoms with Crippen LogP contribution in [0.3, 0.4) is 0 Å². The van der Waals surface area contributed by atoms with Crippen molar-refractivity contribution >= 4 is 21.4 Å². The lowest BCUT2D eigenvalue weighted by atomic mass is 10.2. The highest BCUT2D eigenvalue weighted by molar-refractivity contribution is 7.91. The fourth-order valence-corrected chi connectivity index (χ4v) is 3.51. The fourth-order valence-electron chi connectivity index (χ4n) is 1.57. The Hall–Kier alpha value is -0.580. The van der Waals surface area contributed by atoms with Crippen molar-refractivity contribution in [3.63, 3.8) is 0 Å². The summed E-state index contributed by atoms with van der Waals surface area (Å²) >= 11 is 5.87. The maximum atomic E-state index is 12.0. The summed E-state index contributed by atoms with van der Waals surface area (Å²) in [5.41, 5.74) is 5.61. The van der Waals surface area contributed by atoms with Crippen molar-refractivity contribution in [1.29, 1.82) is 0 Å². The standard InChI is InChI=1S/C12H18ClNO2S/c1-10(14)6-4-5-9-17(15,16)12-8-3-2-7-11(12)13/h2-3,7-8,10H,4-6,9,14H2,1H3. The summed E-state index contributed by atoms with van der Waals surface area (Å²) in [6, 6.07) is 6.66. The summed E-state index contributed by atoms with van der Waals surface area (Å²) in [4.78, 5) is 0.225. The second-order valence-electron chi connectivity index (χ2n) is 4.22. The van der Waals surface area contributed by atoms with Crippen LogP contribution in [0.2, 0.25) is 5.02 Å². The first-order valence-corrected chi connectivity index (χ1v) is 7.69. The molecule has 1 aromatic carbocycles. The van der Waals surface area contributed by atoms with Gasteiger partial charge in [0.1, 0.15) is 0 Å². The van der Waals surface area contributed by atoms with E-state index < -0.39 is 9.84 Å². The molecule has 0 spiro atoms. The van der Waals surface area contributed by atoms with Gasteiger partial charge >= 0.3 is 0 Å². The molecule has 1 unspecified atom stereocenters. The van der Waals surface area contributed by atoms with Gasteiger partial charge in [-0.25, -0.2) is 8.42 Å².